The number of morpholine rings is 1. The van der Waals surface area contributed by atoms with Gasteiger partial charge in [0.15, 0.2) is 0 Å². The Morgan fingerprint density at radius 1 is 1.05 bits per heavy atom. The zero-order valence-corrected chi connectivity index (χ0v) is 12.2. The molecule has 0 unspecified atom stereocenters. The first-order valence-corrected chi connectivity index (χ1v) is 7.50. The van der Waals surface area contributed by atoms with Gasteiger partial charge in [-0.15, -0.1) is 0 Å². The summed E-state index contributed by atoms with van der Waals surface area (Å²) in [4.78, 5) is 16.2. The summed E-state index contributed by atoms with van der Waals surface area (Å²) in [6.07, 6.45) is 1.87. The molecular formula is C14H23N5O. The van der Waals surface area contributed by atoms with Crippen molar-refractivity contribution in [3.05, 3.63) is 12.3 Å². The molecule has 2 aliphatic heterocycles. The van der Waals surface area contributed by atoms with Gasteiger partial charge in [-0.05, 0) is 12.6 Å². The topological polar surface area (TPSA) is 44.7 Å². The van der Waals surface area contributed by atoms with Crippen molar-refractivity contribution in [2.75, 3.05) is 68.8 Å². The highest BCUT2D eigenvalue weighted by molar-refractivity contribution is 5.44. The van der Waals surface area contributed by atoms with Crippen molar-refractivity contribution in [3.8, 4) is 0 Å². The molecule has 110 valence electrons. The van der Waals surface area contributed by atoms with Crippen LogP contribution in [-0.4, -0.2) is 73.9 Å². The van der Waals surface area contributed by atoms with E-state index in [1.807, 2.05) is 12.3 Å². The summed E-state index contributed by atoms with van der Waals surface area (Å²) in [7, 11) is 0. The standard InChI is InChI=1S/C14H23N5O/c1-2-17-5-7-19(8-6-17)14-15-4-3-13(16-14)18-9-11-20-12-10-18/h3-4H,2,5-12H2,1H3. The van der Waals surface area contributed by atoms with Crippen LogP contribution in [0.2, 0.25) is 0 Å². The molecule has 0 atom stereocenters. The molecule has 0 amide bonds. The fourth-order valence-electron chi connectivity index (χ4n) is 2.72. The van der Waals surface area contributed by atoms with Crippen molar-refractivity contribution >= 4 is 11.8 Å². The van der Waals surface area contributed by atoms with Gasteiger partial charge in [-0.25, -0.2) is 4.98 Å². The Hall–Kier alpha value is -1.40. The number of likely N-dealkylation sites (N-methyl/N-ethyl adjacent to an activating group) is 1. The van der Waals surface area contributed by atoms with Crippen LogP contribution in [0, 0.1) is 0 Å². The average Bonchev–Trinajstić information content (AvgIpc) is 2.56. The van der Waals surface area contributed by atoms with Crippen LogP contribution in [0.4, 0.5) is 11.8 Å². The first-order valence-electron chi connectivity index (χ1n) is 7.50. The predicted octanol–water partition coefficient (Wildman–Crippen LogP) is 0.455. The highest BCUT2D eigenvalue weighted by Gasteiger charge is 2.19. The number of anilines is 2. The van der Waals surface area contributed by atoms with E-state index in [0.717, 1.165) is 70.8 Å². The third kappa shape index (κ3) is 3.02. The van der Waals surface area contributed by atoms with Crippen LogP contribution in [0.1, 0.15) is 6.92 Å². The van der Waals surface area contributed by atoms with Gasteiger partial charge in [0.1, 0.15) is 5.82 Å². The molecule has 0 spiro atoms. The van der Waals surface area contributed by atoms with Gasteiger partial charge in [-0.1, -0.05) is 6.92 Å². The Morgan fingerprint density at radius 2 is 1.80 bits per heavy atom. The zero-order chi connectivity index (χ0) is 13.8. The minimum atomic E-state index is 0.786. The molecule has 0 N–H and O–H groups in total. The summed E-state index contributed by atoms with van der Waals surface area (Å²) < 4.78 is 5.39. The van der Waals surface area contributed by atoms with Crippen molar-refractivity contribution in [1.29, 1.82) is 0 Å². The molecule has 0 aliphatic carbocycles. The highest BCUT2D eigenvalue weighted by Crippen LogP contribution is 2.17. The van der Waals surface area contributed by atoms with Crippen LogP contribution in [0.15, 0.2) is 12.3 Å². The third-order valence-corrected chi connectivity index (χ3v) is 4.07. The lowest BCUT2D eigenvalue weighted by molar-refractivity contribution is 0.122. The molecule has 6 heteroatoms. The van der Waals surface area contributed by atoms with E-state index < -0.39 is 0 Å². The summed E-state index contributed by atoms with van der Waals surface area (Å²) in [6, 6.07) is 2.00. The minimum Gasteiger partial charge on any atom is -0.378 e. The Bertz CT molecular complexity index is 427. The Morgan fingerprint density at radius 3 is 2.50 bits per heavy atom. The highest BCUT2D eigenvalue weighted by atomic mass is 16.5. The number of aromatic nitrogens is 2. The van der Waals surface area contributed by atoms with Crippen LogP contribution in [0.3, 0.4) is 0 Å². The summed E-state index contributed by atoms with van der Waals surface area (Å²) in [5.41, 5.74) is 0. The van der Waals surface area contributed by atoms with Crippen molar-refractivity contribution in [3.63, 3.8) is 0 Å². The molecule has 2 fully saturated rings. The summed E-state index contributed by atoms with van der Waals surface area (Å²) in [5.74, 6) is 1.89. The second-order valence-electron chi connectivity index (χ2n) is 5.24. The van der Waals surface area contributed by atoms with E-state index in [1.54, 1.807) is 0 Å². The predicted molar refractivity (Wildman–Crippen MR) is 79.4 cm³/mol. The second kappa shape index (κ2) is 6.37. The zero-order valence-electron chi connectivity index (χ0n) is 12.2. The van der Waals surface area contributed by atoms with Crippen LogP contribution in [-0.2, 0) is 4.74 Å². The quantitative estimate of drug-likeness (QED) is 0.799. The van der Waals surface area contributed by atoms with Gasteiger partial charge < -0.3 is 19.4 Å². The average molecular weight is 277 g/mol. The van der Waals surface area contributed by atoms with Crippen LogP contribution < -0.4 is 9.80 Å². The van der Waals surface area contributed by atoms with Crippen molar-refractivity contribution < 1.29 is 4.74 Å². The number of ether oxygens (including phenoxy) is 1. The van der Waals surface area contributed by atoms with Gasteiger partial charge >= 0.3 is 0 Å². The smallest absolute Gasteiger partial charge is 0.227 e. The van der Waals surface area contributed by atoms with Crippen molar-refractivity contribution in [2.45, 2.75) is 6.92 Å². The molecule has 2 saturated heterocycles. The normalized spacial score (nSPS) is 21.2. The van der Waals surface area contributed by atoms with Gasteiger partial charge in [0.25, 0.3) is 0 Å². The molecule has 6 nitrogen and oxygen atoms in total. The molecule has 0 radical (unpaired) electrons. The van der Waals surface area contributed by atoms with E-state index >= 15 is 0 Å². The summed E-state index contributed by atoms with van der Waals surface area (Å²) in [6.45, 7) is 11.0. The fourth-order valence-corrected chi connectivity index (χ4v) is 2.72. The molecule has 1 aromatic rings. The molecule has 20 heavy (non-hydrogen) atoms. The fraction of sp³-hybridized carbons (Fsp3) is 0.714. The van der Waals surface area contributed by atoms with Crippen LogP contribution in [0.25, 0.3) is 0 Å². The SMILES string of the molecule is CCN1CCN(c2nccc(N3CCOCC3)n2)CC1. The third-order valence-electron chi connectivity index (χ3n) is 4.07. The monoisotopic (exact) mass is 277 g/mol. The minimum absolute atomic E-state index is 0.786. The summed E-state index contributed by atoms with van der Waals surface area (Å²) >= 11 is 0. The Labute approximate surface area is 120 Å². The Balaban J connectivity index is 1.68. The molecule has 0 aromatic carbocycles. The maximum atomic E-state index is 5.39. The van der Waals surface area contributed by atoms with E-state index in [0.29, 0.717) is 0 Å². The van der Waals surface area contributed by atoms with Crippen LogP contribution in [0.5, 0.6) is 0 Å². The van der Waals surface area contributed by atoms with Crippen LogP contribution >= 0.6 is 0 Å². The lowest BCUT2D eigenvalue weighted by Crippen LogP contribution is -2.47. The van der Waals surface area contributed by atoms with E-state index in [4.69, 9.17) is 9.72 Å². The lowest BCUT2D eigenvalue weighted by Gasteiger charge is -2.34. The van der Waals surface area contributed by atoms with Gasteiger partial charge in [0.2, 0.25) is 5.95 Å². The molecule has 3 heterocycles. The molecule has 3 rings (SSSR count). The number of hydrogen-bond donors (Lipinski definition) is 0. The largest absolute Gasteiger partial charge is 0.378 e. The molecular weight excluding hydrogens is 254 g/mol. The number of piperazine rings is 1. The molecule has 0 bridgehead atoms. The molecule has 1 aromatic heterocycles. The van der Waals surface area contributed by atoms with E-state index in [-0.39, 0.29) is 0 Å². The number of nitrogens with zero attached hydrogens (tertiary/aromatic N) is 5. The van der Waals surface area contributed by atoms with Gasteiger partial charge in [-0.3, -0.25) is 0 Å². The van der Waals surface area contributed by atoms with E-state index in [1.165, 1.54) is 0 Å². The first kappa shape index (κ1) is 13.6. The first-order chi connectivity index (χ1) is 9.86. The number of rotatable bonds is 3. The maximum Gasteiger partial charge on any atom is 0.227 e. The van der Waals surface area contributed by atoms with E-state index in [2.05, 4.69) is 26.6 Å². The summed E-state index contributed by atoms with van der Waals surface area (Å²) in [5, 5.41) is 0. The van der Waals surface area contributed by atoms with Gasteiger partial charge in [0.05, 0.1) is 13.2 Å². The van der Waals surface area contributed by atoms with Gasteiger partial charge in [0, 0.05) is 45.5 Å². The molecule has 2 aliphatic rings. The number of hydrogen-bond acceptors (Lipinski definition) is 6. The second-order valence-corrected chi connectivity index (χ2v) is 5.24. The van der Waals surface area contributed by atoms with Crippen molar-refractivity contribution in [1.82, 2.24) is 14.9 Å². The molecule has 0 saturated carbocycles. The maximum absolute atomic E-state index is 5.39. The van der Waals surface area contributed by atoms with E-state index in [9.17, 15) is 0 Å². The van der Waals surface area contributed by atoms with Crippen molar-refractivity contribution in [2.24, 2.45) is 0 Å². The van der Waals surface area contributed by atoms with Gasteiger partial charge in [-0.2, -0.15) is 4.98 Å². The lowest BCUT2D eigenvalue weighted by atomic mass is 10.3. The Kier molecular flexibility index (Phi) is 4.32.